The molecule has 1 aliphatic rings. The Kier molecular flexibility index (Phi) is 7.93. The highest BCUT2D eigenvalue weighted by Gasteiger charge is 2.38. The molecule has 9 nitrogen and oxygen atoms in total. The first-order chi connectivity index (χ1) is 15.7. The molecule has 33 heavy (non-hydrogen) atoms. The minimum atomic E-state index is -2.79. The summed E-state index contributed by atoms with van der Waals surface area (Å²) in [6, 6.07) is 12.8. The Labute approximate surface area is 196 Å². The maximum atomic E-state index is 12.2. The average molecular weight is 475 g/mol. The van der Waals surface area contributed by atoms with Crippen LogP contribution >= 0.6 is 0 Å². The van der Waals surface area contributed by atoms with Crippen LogP contribution in [0.5, 0.6) is 5.75 Å². The predicted octanol–water partition coefficient (Wildman–Crippen LogP) is 2.81. The first-order valence-electron chi connectivity index (χ1n) is 10.5. The number of carboxylic acid groups (broad SMARTS) is 1. The Hall–Kier alpha value is -3.11. The third kappa shape index (κ3) is 5.63. The smallest absolute Gasteiger partial charge is 0.327 e. The zero-order valence-electron chi connectivity index (χ0n) is 18.8. The van der Waals surface area contributed by atoms with Crippen LogP contribution in [0, 0.1) is 5.92 Å². The molecule has 0 aliphatic carbocycles. The number of benzene rings is 2. The molecule has 0 aromatic heterocycles. The molecule has 0 saturated carbocycles. The van der Waals surface area contributed by atoms with Crippen molar-refractivity contribution < 1.29 is 28.2 Å². The Morgan fingerprint density at radius 3 is 2.00 bits per heavy atom. The number of likely N-dealkylation sites (tertiary alicyclic amines) is 1. The molecule has 1 fully saturated rings. The number of ether oxygens (including phenoxy) is 1. The summed E-state index contributed by atoms with van der Waals surface area (Å²) in [6.45, 7) is 0.752. The highest BCUT2D eigenvalue weighted by atomic mass is 32.2. The molecule has 1 aliphatic heterocycles. The van der Waals surface area contributed by atoms with Gasteiger partial charge in [0.2, 0.25) is 0 Å². The Morgan fingerprint density at radius 2 is 1.58 bits per heavy atom. The number of carbonyl (C=O) groups is 2. The van der Waals surface area contributed by atoms with Crippen molar-refractivity contribution in [2.75, 3.05) is 38.6 Å². The largest absolute Gasteiger partial charge is 0.755 e. The lowest BCUT2D eigenvalue weighted by atomic mass is 9.89. The number of carbonyl (C=O) groups excluding carboxylic acids is 1. The summed E-state index contributed by atoms with van der Waals surface area (Å²) in [5.41, 5.74) is 2.06. The molecule has 2 unspecified atom stereocenters. The van der Waals surface area contributed by atoms with Crippen molar-refractivity contribution >= 4 is 29.0 Å². The van der Waals surface area contributed by atoms with E-state index in [2.05, 4.69) is 0 Å². The van der Waals surface area contributed by atoms with Crippen LogP contribution in [-0.4, -0.2) is 76.0 Å². The summed E-state index contributed by atoms with van der Waals surface area (Å²) in [6.07, 6.45) is 0.794. The maximum Gasteiger partial charge on any atom is 0.327 e. The predicted molar refractivity (Wildman–Crippen MR) is 125 cm³/mol. The molecule has 2 aromatic rings. The number of anilines is 1. The molecule has 1 N–H and O–H groups in total. The fraction of sp³-hybridized carbons (Fsp3) is 0.391. The zero-order chi connectivity index (χ0) is 24.1. The summed E-state index contributed by atoms with van der Waals surface area (Å²) in [4.78, 5) is 27.5. The van der Waals surface area contributed by atoms with Gasteiger partial charge in [-0.05, 0) is 54.2 Å². The molecule has 0 spiro atoms. The van der Waals surface area contributed by atoms with Gasteiger partial charge in [-0.3, -0.25) is 8.51 Å². The van der Waals surface area contributed by atoms with E-state index in [1.165, 1.54) is 4.90 Å². The molecule has 2 aromatic carbocycles. The highest BCUT2D eigenvalue weighted by Crippen LogP contribution is 2.31. The monoisotopic (exact) mass is 474 g/mol. The van der Waals surface area contributed by atoms with Crippen molar-refractivity contribution in [3.05, 3.63) is 48.5 Å². The number of methoxy groups -OCH3 is 1. The van der Waals surface area contributed by atoms with Gasteiger partial charge in [0.25, 0.3) is 0 Å². The number of hydrogen-bond donors (Lipinski definition) is 1. The second-order valence-corrected chi connectivity index (χ2v) is 8.93. The summed E-state index contributed by atoms with van der Waals surface area (Å²) in [5, 5.41) is 9.94. The molecule has 0 bridgehead atoms. The van der Waals surface area contributed by atoms with Crippen molar-refractivity contribution in [2.24, 2.45) is 5.92 Å². The molecular formula is C23H28N3O6S-. The lowest BCUT2D eigenvalue weighted by molar-refractivity contribution is -0.140. The fourth-order valence-corrected chi connectivity index (χ4v) is 4.85. The van der Waals surface area contributed by atoms with Gasteiger partial charge in [0.1, 0.15) is 11.8 Å². The van der Waals surface area contributed by atoms with E-state index in [-0.39, 0.29) is 11.7 Å². The second-order valence-electron chi connectivity index (χ2n) is 8.10. The Bertz CT molecular complexity index is 988. The van der Waals surface area contributed by atoms with E-state index in [4.69, 9.17) is 4.74 Å². The van der Waals surface area contributed by atoms with E-state index in [1.807, 2.05) is 24.3 Å². The van der Waals surface area contributed by atoms with Crippen LogP contribution in [0.25, 0.3) is 11.1 Å². The van der Waals surface area contributed by atoms with E-state index < -0.39 is 29.2 Å². The van der Waals surface area contributed by atoms with Crippen LogP contribution in [0.3, 0.4) is 0 Å². The van der Waals surface area contributed by atoms with Crippen LogP contribution in [0.1, 0.15) is 12.8 Å². The lowest BCUT2D eigenvalue weighted by Crippen LogP contribution is -2.52. The Balaban J connectivity index is 1.81. The number of aliphatic carboxylic acids is 1. The average Bonchev–Trinajstić information content (AvgIpc) is 2.82. The fourth-order valence-electron chi connectivity index (χ4n) is 4.11. The van der Waals surface area contributed by atoms with E-state index >= 15 is 0 Å². The number of urea groups is 1. The highest BCUT2D eigenvalue weighted by molar-refractivity contribution is 7.80. The van der Waals surface area contributed by atoms with Gasteiger partial charge in [-0.15, -0.1) is 0 Å². The van der Waals surface area contributed by atoms with Gasteiger partial charge in [-0.25, -0.2) is 9.59 Å². The quantitative estimate of drug-likeness (QED) is 0.618. The molecular weight excluding hydrogens is 446 g/mol. The first kappa shape index (κ1) is 24.5. The van der Waals surface area contributed by atoms with E-state index in [1.54, 1.807) is 50.4 Å². The second kappa shape index (κ2) is 10.7. The number of hydrogen-bond acceptors (Lipinski definition) is 5. The third-order valence-corrected chi connectivity index (χ3v) is 6.61. The van der Waals surface area contributed by atoms with Crippen molar-refractivity contribution in [1.82, 2.24) is 9.80 Å². The zero-order valence-corrected chi connectivity index (χ0v) is 19.7. The van der Waals surface area contributed by atoms with Crippen LogP contribution in [-0.2, 0) is 16.1 Å². The molecule has 2 atom stereocenters. The van der Waals surface area contributed by atoms with Crippen molar-refractivity contribution in [3.63, 3.8) is 0 Å². The number of rotatable bonds is 7. The third-order valence-electron chi connectivity index (χ3n) is 5.85. The Morgan fingerprint density at radius 1 is 1.06 bits per heavy atom. The maximum absolute atomic E-state index is 12.2. The van der Waals surface area contributed by atoms with Gasteiger partial charge in [0, 0.05) is 44.1 Å². The number of nitrogens with zero attached hydrogens (tertiary/aromatic N) is 3. The SMILES string of the molecule is COc1ccc(-c2ccc(N(C(C(=O)O)C3CCN(C(=O)N(C)C)CC3)S(=O)[O-])cc2)cc1. The molecule has 10 heteroatoms. The summed E-state index contributed by atoms with van der Waals surface area (Å²) < 4.78 is 30.4. The summed E-state index contributed by atoms with van der Waals surface area (Å²) in [5.74, 6) is -0.908. The molecule has 2 amide bonds. The number of piperidine rings is 1. The van der Waals surface area contributed by atoms with Crippen molar-refractivity contribution in [3.8, 4) is 16.9 Å². The van der Waals surface area contributed by atoms with Gasteiger partial charge in [0.05, 0.1) is 7.11 Å². The number of amides is 2. The van der Waals surface area contributed by atoms with Gasteiger partial charge in [-0.2, -0.15) is 0 Å². The van der Waals surface area contributed by atoms with Crippen LogP contribution in [0.4, 0.5) is 10.5 Å². The van der Waals surface area contributed by atoms with E-state index in [9.17, 15) is 23.5 Å². The van der Waals surface area contributed by atoms with Gasteiger partial charge in [0.15, 0.2) is 0 Å². The van der Waals surface area contributed by atoms with E-state index in [0.29, 0.717) is 25.9 Å². The molecule has 178 valence electrons. The first-order valence-corrected chi connectivity index (χ1v) is 11.6. The molecule has 1 saturated heterocycles. The normalized spacial score (nSPS) is 16.1. The van der Waals surface area contributed by atoms with Crippen LogP contribution < -0.4 is 9.04 Å². The standard InChI is InChI=1S/C23H29N3O6S/c1-24(2)23(29)25-14-12-18(13-15-25)21(22(27)28)26(33(30)31)19-8-4-16(5-9-19)17-6-10-20(32-3)11-7-17/h4-11,18,21H,12-15H2,1-3H3,(H,27,28)(H,30,31)/p-1. The lowest BCUT2D eigenvalue weighted by Gasteiger charge is -2.40. The van der Waals surface area contributed by atoms with Gasteiger partial charge >= 0.3 is 12.0 Å². The van der Waals surface area contributed by atoms with E-state index in [0.717, 1.165) is 21.2 Å². The number of carboxylic acids is 1. The summed E-state index contributed by atoms with van der Waals surface area (Å²) >= 11 is -2.79. The minimum Gasteiger partial charge on any atom is -0.755 e. The summed E-state index contributed by atoms with van der Waals surface area (Å²) in [7, 11) is 4.91. The van der Waals surface area contributed by atoms with Crippen molar-refractivity contribution in [2.45, 2.75) is 18.9 Å². The molecule has 0 radical (unpaired) electrons. The van der Waals surface area contributed by atoms with Gasteiger partial charge in [-0.1, -0.05) is 24.3 Å². The van der Waals surface area contributed by atoms with Crippen LogP contribution in [0.2, 0.25) is 0 Å². The topological polar surface area (TPSA) is 113 Å². The molecule has 3 rings (SSSR count). The minimum absolute atomic E-state index is 0.140. The van der Waals surface area contributed by atoms with Gasteiger partial charge < -0.3 is 24.2 Å². The molecule has 1 heterocycles. The van der Waals surface area contributed by atoms with Crippen molar-refractivity contribution in [1.29, 1.82) is 0 Å². The van der Waals surface area contributed by atoms with Crippen LogP contribution in [0.15, 0.2) is 48.5 Å².